The summed E-state index contributed by atoms with van der Waals surface area (Å²) in [6.07, 6.45) is 5.18. The summed E-state index contributed by atoms with van der Waals surface area (Å²) in [4.78, 5) is 11.8. The molecule has 0 bridgehead atoms. The number of halogens is 2. The topological polar surface area (TPSA) is 50.1 Å². The Labute approximate surface area is 109 Å². The fourth-order valence-electron chi connectivity index (χ4n) is 2.08. The van der Waals surface area contributed by atoms with Gasteiger partial charge in [-0.3, -0.25) is 4.79 Å². The number of ether oxygens (including phenoxy) is 1. The average Bonchev–Trinajstić information content (AvgIpc) is 2.39. The van der Waals surface area contributed by atoms with E-state index in [1.807, 2.05) is 0 Å². The number of carbonyl (C=O) groups is 1. The largest absolute Gasteiger partial charge is 0.426 e. The lowest BCUT2D eigenvalue weighted by Crippen LogP contribution is -2.23. The summed E-state index contributed by atoms with van der Waals surface area (Å²) in [7, 11) is 0. The van der Waals surface area contributed by atoms with Gasteiger partial charge >= 0.3 is 5.97 Å². The van der Waals surface area contributed by atoms with Crippen molar-refractivity contribution in [1.29, 1.82) is 5.26 Å². The first-order valence-electron chi connectivity index (χ1n) is 6.04. The van der Waals surface area contributed by atoms with Crippen LogP contribution in [-0.4, -0.2) is 5.97 Å². The summed E-state index contributed by atoms with van der Waals surface area (Å²) in [6.45, 7) is 0. The third-order valence-corrected chi connectivity index (χ3v) is 3.12. The molecule has 1 aliphatic carbocycles. The number of benzene rings is 1. The summed E-state index contributed by atoms with van der Waals surface area (Å²) in [5.41, 5.74) is -0.674. The summed E-state index contributed by atoms with van der Waals surface area (Å²) in [6, 6.07) is 3.12. The van der Waals surface area contributed by atoms with Gasteiger partial charge in [-0.2, -0.15) is 5.26 Å². The van der Waals surface area contributed by atoms with E-state index in [1.165, 1.54) is 6.07 Å². The van der Waals surface area contributed by atoms with Gasteiger partial charge < -0.3 is 4.74 Å². The predicted molar refractivity (Wildman–Crippen MR) is 63.0 cm³/mol. The van der Waals surface area contributed by atoms with Gasteiger partial charge in [-0.25, -0.2) is 8.78 Å². The fourth-order valence-corrected chi connectivity index (χ4v) is 2.08. The second-order valence-corrected chi connectivity index (χ2v) is 4.44. The summed E-state index contributed by atoms with van der Waals surface area (Å²) in [5, 5.41) is 8.53. The van der Waals surface area contributed by atoms with Crippen LogP contribution in [0.5, 0.6) is 5.75 Å². The first kappa shape index (κ1) is 13.5. The summed E-state index contributed by atoms with van der Waals surface area (Å²) >= 11 is 0. The zero-order chi connectivity index (χ0) is 13.8. The zero-order valence-electron chi connectivity index (χ0n) is 10.2. The molecular formula is C14H12F2NO2. The highest BCUT2D eigenvalue weighted by molar-refractivity contribution is 5.75. The lowest BCUT2D eigenvalue weighted by Gasteiger charge is -2.19. The van der Waals surface area contributed by atoms with E-state index in [1.54, 1.807) is 0 Å². The minimum Gasteiger partial charge on any atom is -0.426 e. The maximum atomic E-state index is 13.3. The average molecular weight is 264 g/mol. The Balaban J connectivity index is 2.11. The van der Waals surface area contributed by atoms with Crippen LogP contribution in [0.2, 0.25) is 0 Å². The van der Waals surface area contributed by atoms with Crippen molar-refractivity contribution in [3.05, 3.63) is 35.8 Å². The molecular weight excluding hydrogens is 252 g/mol. The molecule has 3 nitrogen and oxygen atoms in total. The van der Waals surface area contributed by atoms with E-state index in [2.05, 4.69) is 6.42 Å². The van der Waals surface area contributed by atoms with Crippen LogP contribution in [0.3, 0.4) is 0 Å². The van der Waals surface area contributed by atoms with Crippen molar-refractivity contribution in [2.24, 2.45) is 5.92 Å². The molecule has 0 spiro atoms. The van der Waals surface area contributed by atoms with Crippen LogP contribution < -0.4 is 4.74 Å². The maximum absolute atomic E-state index is 13.3. The van der Waals surface area contributed by atoms with Gasteiger partial charge in [-0.05, 0) is 32.1 Å². The van der Waals surface area contributed by atoms with Gasteiger partial charge in [0.1, 0.15) is 29.0 Å². The highest BCUT2D eigenvalue weighted by Gasteiger charge is 2.24. The van der Waals surface area contributed by atoms with Crippen LogP contribution >= 0.6 is 0 Å². The van der Waals surface area contributed by atoms with Gasteiger partial charge in [0.05, 0.1) is 5.92 Å². The van der Waals surface area contributed by atoms with E-state index in [4.69, 9.17) is 10.00 Å². The Morgan fingerprint density at radius 3 is 2.37 bits per heavy atom. The van der Waals surface area contributed by atoms with Gasteiger partial charge in [0.15, 0.2) is 0 Å². The molecule has 1 saturated carbocycles. The Kier molecular flexibility index (Phi) is 4.10. The molecule has 19 heavy (non-hydrogen) atoms. The first-order valence-corrected chi connectivity index (χ1v) is 6.04. The van der Waals surface area contributed by atoms with Gasteiger partial charge in [0.25, 0.3) is 0 Å². The van der Waals surface area contributed by atoms with E-state index >= 15 is 0 Å². The Morgan fingerprint density at radius 2 is 1.84 bits per heavy atom. The van der Waals surface area contributed by atoms with Crippen molar-refractivity contribution in [1.82, 2.24) is 0 Å². The smallest absolute Gasteiger partial charge is 0.314 e. The van der Waals surface area contributed by atoms with Crippen molar-refractivity contribution in [2.75, 3.05) is 0 Å². The molecule has 5 heteroatoms. The molecule has 0 aromatic heterocycles. The number of esters is 1. The molecule has 1 aliphatic rings. The van der Waals surface area contributed by atoms with Crippen LogP contribution in [0.25, 0.3) is 0 Å². The molecule has 0 atom stereocenters. The van der Waals surface area contributed by atoms with E-state index in [0.29, 0.717) is 12.8 Å². The normalized spacial score (nSPS) is 15.8. The molecule has 2 rings (SSSR count). The second-order valence-electron chi connectivity index (χ2n) is 4.44. The molecule has 0 saturated heterocycles. The minimum absolute atomic E-state index is 0.200. The molecule has 0 N–H and O–H groups in total. The van der Waals surface area contributed by atoms with Gasteiger partial charge in [-0.1, -0.05) is 0 Å². The number of hydrogen-bond donors (Lipinski definition) is 0. The van der Waals surface area contributed by atoms with E-state index < -0.39 is 23.2 Å². The third-order valence-electron chi connectivity index (χ3n) is 3.12. The van der Waals surface area contributed by atoms with E-state index in [9.17, 15) is 13.6 Å². The maximum Gasteiger partial charge on any atom is 0.314 e. The lowest BCUT2D eigenvalue weighted by atomic mass is 9.89. The van der Waals surface area contributed by atoms with Crippen molar-refractivity contribution in [2.45, 2.75) is 25.7 Å². The van der Waals surface area contributed by atoms with Gasteiger partial charge in [0.2, 0.25) is 0 Å². The molecule has 1 radical (unpaired) electrons. The highest BCUT2D eigenvalue weighted by atomic mass is 19.1. The Bertz CT molecular complexity index is 508. The summed E-state index contributed by atoms with van der Waals surface area (Å²) < 4.78 is 31.7. The van der Waals surface area contributed by atoms with Crippen LogP contribution in [0, 0.1) is 35.3 Å². The van der Waals surface area contributed by atoms with Crippen molar-refractivity contribution in [3.63, 3.8) is 0 Å². The molecule has 0 unspecified atom stereocenters. The lowest BCUT2D eigenvalue weighted by molar-refractivity contribution is -0.139. The van der Waals surface area contributed by atoms with Gasteiger partial charge in [-0.15, -0.1) is 0 Å². The van der Waals surface area contributed by atoms with Crippen molar-refractivity contribution >= 4 is 5.97 Å². The third kappa shape index (κ3) is 3.08. The molecule has 99 valence electrons. The van der Waals surface area contributed by atoms with Gasteiger partial charge in [0, 0.05) is 12.1 Å². The van der Waals surface area contributed by atoms with E-state index in [0.717, 1.165) is 25.0 Å². The van der Waals surface area contributed by atoms with Crippen molar-refractivity contribution in [3.8, 4) is 11.8 Å². The quantitative estimate of drug-likeness (QED) is 0.609. The first-order chi connectivity index (χ1) is 9.11. The molecule has 1 aromatic rings. The van der Waals surface area contributed by atoms with E-state index in [-0.39, 0.29) is 11.7 Å². The molecule has 1 fully saturated rings. The predicted octanol–water partition coefficient (Wildman–Crippen LogP) is 3.14. The number of rotatable bonds is 2. The highest BCUT2D eigenvalue weighted by Crippen LogP contribution is 2.26. The Hall–Kier alpha value is -1.96. The fraction of sp³-hybridized carbons (Fsp3) is 0.357. The van der Waals surface area contributed by atoms with Crippen LogP contribution in [-0.2, 0) is 4.79 Å². The zero-order valence-corrected chi connectivity index (χ0v) is 10.2. The summed E-state index contributed by atoms with van der Waals surface area (Å²) in [5.74, 6) is -2.96. The molecule has 0 amide bonds. The van der Waals surface area contributed by atoms with Crippen LogP contribution in [0.1, 0.15) is 31.2 Å². The van der Waals surface area contributed by atoms with Crippen LogP contribution in [0.4, 0.5) is 8.78 Å². The SMILES string of the molecule is N#Cc1c(F)cc(OC(=O)C2CC[CH]CC2)cc1F. The standard InChI is InChI=1S/C14H12F2NO2/c15-12-6-10(7-13(16)11(12)8-17)19-14(18)9-4-2-1-3-5-9/h1,6-7,9H,2-5H2. The van der Waals surface area contributed by atoms with Crippen LogP contribution in [0.15, 0.2) is 12.1 Å². The number of nitriles is 1. The van der Waals surface area contributed by atoms with Crippen molar-refractivity contribution < 1.29 is 18.3 Å². The molecule has 0 heterocycles. The molecule has 0 aliphatic heterocycles. The monoisotopic (exact) mass is 264 g/mol. The Morgan fingerprint density at radius 1 is 1.26 bits per heavy atom. The molecule has 1 aromatic carbocycles. The number of carbonyl (C=O) groups excluding carboxylic acids is 1. The minimum atomic E-state index is -1.03. The second kappa shape index (κ2) is 5.79. The number of hydrogen-bond acceptors (Lipinski definition) is 3. The number of nitrogens with zero attached hydrogens (tertiary/aromatic N) is 1.